The fourth-order valence-corrected chi connectivity index (χ4v) is 16.8. The molecule has 538 valence electrons. The number of carboxylic acids is 2. The molecule has 3 aliphatic heterocycles. The van der Waals surface area contributed by atoms with E-state index in [4.69, 9.17) is 24.3 Å². The molecular formula is C71H87N13O16S. The first-order chi connectivity index (χ1) is 47.9. The smallest absolute Gasteiger partial charge is 0.407 e. The van der Waals surface area contributed by atoms with Crippen LogP contribution in [0.15, 0.2) is 79.3 Å². The highest BCUT2D eigenvalue weighted by molar-refractivity contribution is 7.22. The zero-order valence-electron chi connectivity index (χ0n) is 57.7. The first-order valence-electron chi connectivity index (χ1n) is 34.0. The number of pyridine rings is 1. The Morgan fingerprint density at radius 2 is 1.59 bits per heavy atom. The van der Waals surface area contributed by atoms with Gasteiger partial charge < -0.3 is 65.4 Å². The van der Waals surface area contributed by atoms with Crippen molar-refractivity contribution in [1.82, 2.24) is 50.1 Å². The molecule has 3 fully saturated rings. The molecule has 2 saturated carbocycles. The van der Waals surface area contributed by atoms with Crippen LogP contribution >= 0.6 is 11.3 Å². The first kappa shape index (κ1) is 72.8. The third-order valence-corrected chi connectivity index (χ3v) is 20.9. The van der Waals surface area contributed by atoms with Gasteiger partial charge in [0.25, 0.3) is 17.7 Å². The molecule has 2 aliphatic carbocycles. The molecule has 7 amide bonds. The number of aliphatic hydroxyl groups is 2. The van der Waals surface area contributed by atoms with Crippen LogP contribution in [0.1, 0.15) is 143 Å². The summed E-state index contributed by atoms with van der Waals surface area (Å²) in [6.07, 6.45) is 4.30. The standard InChI is InChI=1S/C71H87N13O16S/c1-9-70(37-84-41(5)46(28-74-84)45-17-19-53(78-58(45)64(93)94)81-23-24-82-38-73-59(48(82)29-81)63(92)80-66-77-47-12-10-11-13-52(47)101-66)34-69(8)32-68(6,7)33-71(35-69,36-70)99-25-22-72-67(97)98-31-43-14-16-44(26-42(43)15-18-51-49(85)27-50(86)60(100-51)65(95)96)76-61(90)40(4)75-62(91)57(39(2)3)79-54(87)30-83-55(88)20-21-56(83)89/h10-14,16-17,19-21,26,28,38-40,49-51,57,60,85-86H,9,15,18,22-25,27,29-37H2,1-8H3,(H,72,97)(H,75,91)(H,76,90)(H,79,87)(H,93,94)(H,95,96)(H,77,80,92)/t40-,49+,50-,51-,57?,60-,69?,70?,71?/m0/s1. The molecule has 0 spiro atoms. The molecule has 6 aromatic rings. The third kappa shape index (κ3) is 16.5. The van der Waals surface area contributed by atoms with Crippen molar-refractivity contribution in [3.63, 3.8) is 0 Å². The Labute approximate surface area is 586 Å². The zero-order chi connectivity index (χ0) is 72.5. The minimum absolute atomic E-state index is 0.0616. The number of ether oxygens (including phenoxy) is 3. The molecular weight excluding hydrogens is 1320 g/mol. The molecule has 7 heterocycles. The SMILES string of the molecule is CCC1(Cn2ncc(-c3ccc(N4CCn5cnc(C(=O)Nc6nc7ccccc7s6)c5C4)nc3C(=O)O)c2C)CC2(C)CC(C)(C)CC(OCCNC(=O)OCc3ccc(NC(=O)[C@H](C)NC(=O)C(NC(=O)CN4C(=O)C=CC4=O)C(C)C)cc3CC[C@@H]3O[C@H](C(=O)O)[C@@H](O)C[C@H]3O)(C2)C1. The average Bonchev–Trinajstić information content (AvgIpc) is 1.70. The quantitative estimate of drug-likeness (QED) is 0.0206. The van der Waals surface area contributed by atoms with Crippen molar-refractivity contribution in [2.24, 2.45) is 22.2 Å². The van der Waals surface area contributed by atoms with Crippen LogP contribution in [0.2, 0.25) is 0 Å². The molecule has 9 N–H and O–H groups in total. The number of carbonyl (C=O) groups is 9. The van der Waals surface area contributed by atoms with Gasteiger partial charge in [-0.05, 0) is 135 Å². The maximum atomic E-state index is 13.7. The number of carbonyl (C=O) groups excluding carboxylic acids is 7. The summed E-state index contributed by atoms with van der Waals surface area (Å²) in [5, 5.41) is 60.7. The van der Waals surface area contributed by atoms with Crippen LogP contribution in [-0.2, 0) is 75.6 Å². The summed E-state index contributed by atoms with van der Waals surface area (Å²) in [4.78, 5) is 133. The number of aryl methyl sites for hydroxylation is 1. The van der Waals surface area contributed by atoms with E-state index in [0.717, 1.165) is 65.1 Å². The number of imide groups is 1. The summed E-state index contributed by atoms with van der Waals surface area (Å²) >= 11 is 1.37. The van der Waals surface area contributed by atoms with Crippen molar-refractivity contribution in [3.05, 3.63) is 113 Å². The first-order valence-corrected chi connectivity index (χ1v) is 34.8. The van der Waals surface area contributed by atoms with Gasteiger partial charge in [-0.15, -0.1) is 0 Å². The number of nitrogens with zero attached hydrogens (tertiary/aromatic N) is 8. The average molecular weight is 1410 g/mol. The normalized spacial score (nSPS) is 23.6. The number of thiazole rings is 1. The second-order valence-corrected chi connectivity index (χ2v) is 30.0. The van der Waals surface area contributed by atoms with E-state index in [2.05, 4.69) is 64.2 Å². The Morgan fingerprint density at radius 3 is 2.32 bits per heavy atom. The van der Waals surface area contributed by atoms with E-state index in [1.54, 1.807) is 56.7 Å². The summed E-state index contributed by atoms with van der Waals surface area (Å²) in [6, 6.07) is 13.7. The van der Waals surface area contributed by atoms with Crippen LogP contribution in [-0.4, -0.2) is 176 Å². The van der Waals surface area contributed by atoms with E-state index in [-0.39, 0.29) is 78.9 Å². The van der Waals surface area contributed by atoms with Crippen LogP contribution in [0, 0.1) is 29.1 Å². The van der Waals surface area contributed by atoms with Crippen molar-refractivity contribution in [2.45, 2.75) is 182 Å². The number of aromatic nitrogens is 6. The van der Waals surface area contributed by atoms with Crippen molar-refractivity contribution >= 4 is 91.7 Å². The van der Waals surface area contributed by atoms with Gasteiger partial charge in [-0.3, -0.25) is 43.7 Å². The number of hydrogen-bond acceptors (Lipinski definition) is 20. The molecule has 2 bridgehead atoms. The molecule has 9 atom stereocenters. The number of nitrogens with one attached hydrogen (secondary N) is 5. The molecule has 101 heavy (non-hydrogen) atoms. The molecule has 4 aromatic heterocycles. The molecule has 1 saturated heterocycles. The number of rotatable bonds is 26. The lowest BCUT2D eigenvalue weighted by molar-refractivity contribution is -0.196. The van der Waals surface area contributed by atoms with Crippen LogP contribution in [0.3, 0.4) is 0 Å². The van der Waals surface area contributed by atoms with E-state index in [0.29, 0.717) is 65.0 Å². The number of fused-ring (bicyclic) bond motifs is 4. The molecule has 4 unspecified atom stereocenters. The number of carboxylic acid groups (broad SMARTS) is 2. The second-order valence-electron chi connectivity index (χ2n) is 28.9. The highest BCUT2D eigenvalue weighted by Gasteiger charge is 2.59. The summed E-state index contributed by atoms with van der Waals surface area (Å²) in [6.45, 7) is 17.0. The number of aliphatic hydroxyl groups excluding tert-OH is 2. The molecule has 30 heteroatoms. The predicted octanol–water partition coefficient (Wildman–Crippen LogP) is 6.52. The number of para-hydroxylation sites is 1. The molecule has 29 nitrogen and oxygen atoms in total. The highest BCUT2D eigenvalue weighted by Crippen LogP contribution is 2.64. The van der Waals surface area contributed by atoms with Gasteiger partial charge in [0.2, 0.25) is 17.7 Å². The lowest BCUT2D eigenvalue weighted by Gasteiger charge is -2.62. The van der Waals surface area contributed by atoms with Gasteiger partial charge >= 0.3 is 18.0 Å². The Bertz CT molecular complexity index is 4190. The van der Waals surface area contributed by atoms with E-state index in [9.17, 15) is 63.6 Å². The number of aromatic carboxylic acids is 1. The lowest BCUT2D eigenvalue weighted by atomic mass is 9.47. The molecule has 2 aromatic carbocycles. The Kier molecular flexibility index (Phi) is 21.3. The van der Waals surface area contributed by atoms with Gasteiger partial charge in [0.15, 0.2) is 22.6 Å². The molecule has 5 aliphatic rings. The van der Waals surface area contributed by atoms with Crippen LogP contribution in [0.4, 0.5) is 21.4 Å². The Morgan fingerprint density at radius 1 is 0.832 bits per heavy atom. The number of benzene rings is 2. The predicted molar refractivity (Wildman–Crippen MR) is 369 cm³/mol. The zero-order valence-corrected chi connectivity index (χ0v) is 58.6. The van der Waals surface area contributed by atoms with Gasteiger partial charge in [0.05, 0.1) is 65.5 Å². The van der Waals surface area contributed by atoms with Gasteiger partial charge in [0.1, 0.15) is 31.1 Å². The number of anilines is 3. The fraction of sp³-hybridized carbons (Fsp3) is 0.507. The lowest BCUT2D eigenvalue weighted by Crippen LogP contribution is -2.58. The third-order valence-electron chi connectivity index (χ3n) is 20.0. The number of amides is 7. The monoisotopic (exact) mass is 1410 g/mol. The number of aliphatic carboxylic acids is 1. The number of imidazole rings is 1. The summed E-state index contributed by atoms with van der Waals surface area (Å²) in [7, 11) is 0. The second kappa shape index (κ2) is 29.6. The largest absolute Gasteiger partial charge is 0.479 e. The minimum Gasteiger partial charge on any atom is -0.479 e. The van der Waals surface area contributed by atoms with Crippen molar-refractivity contribution in [3.8, 4) is 11.1 Å². The van der Waals surface area contributed by atoms with Gasteiger partial charge in [-0.25, -0.2) is 29.3 Å². The minimum atomic E-state index is -1.58. The van der Waals surface area contributed by atoms with E-state index in [1.165, 1.54) is 18.3 Å². The summed E-state index contributed by atoms with van der Waals surface area (Å²) in [5.41, 5.74) is 3.63. The van der Waals surface area contributed by atoms with Crippen molar-refractivity contribution < 1.29 is 77.8 Å². The van der Waals surface area contributed by atoms with Crippen LogP contribution in [0.25, 0.3) is 21.3 Å². The van der Waals surface area contributed by atoms with E-state index in [1.807, 2.05) is 45.3 Å². The molecule has 0 radical (unpaired) electrons. The van der Waals surface area contributed by atoms with Gasteiger partial charge in [-0.2, -0.15) is 5.10 Å². The Hall–Kier alpha value is -9.49. The van der Waals surface area contributed by atoms with E-state index >= 15 is 0 Å². The van der Waals surface area contributed by atoms with Crippen LogP contribution < -0.4 is 31.5 Å². The molecule has 11 rings (SSSR count). The topological polar surface area (TPSA) is 390 Å². The number of alkyl carbamates (subject to hydrolysis) is 1. The van der Waals surface area contributed by atoms with E-state index < -0.39 is 108 Å². The summed E-state index contributed by atoms with van der Waals surface area (Å²) < 4.78 is 23.3. The number of hydrogen-bond donors (Lipinski definition) is 9. The fourth-order valence-electron chi connectivity index (χ4n) is 15.9. The van der Waals surface area contributed by atoms with Crippen molar-refractivity contribution in [2.75, 3.05) is 41.8 Å². The Balaban J connectivity index is 0.723. The van der Waals surface area contributed by atoms with Gasteiger partial charge in [-0.1, -0.05) is 71.1 Å². The summed E-state index contributed by atoms with van der Waals surface area (Å²) in [5.74, 6) is -6.45. The van der Waals surface area contributed by atoms with Crippen LogP contribution in [0.5, 0.6) is 0 Å². The highest BCUT2D eigenvalue weighted by atomic mass is 32.1. The maximum absolute atomic E-state index is 13.7. The van der Waals surface area contributed by atoms with Gasteiger partial charge in [0, 0.05) is 67.3 Å². The van der Waals surface area contributed by atoms with Crippen molar-refractivity contribution in [1.29, 1.82) is 0 Å². The maximum Gasteiger partial charge on any atom is 0.407 e.